The fourth-order valence-electron chi connectivity index (χ4n) is 0.550. The van der Waals surface area contributed by atoms with Crippen LogP contribution in [0.2, 0.25) is 0 Å². The monoisotopic (exact) mass is 172 g/mol. The van der Waals surface area contributed by atoms with Crippen LogP contribution >= 0.6 is 5.47 Å². The fraction of sp³-hybridized carbons (Fsp3) is 0. The predicted molar refractivity (Wildman–Crippen MR) is 47.7 cm³/mol. The lowest BCUT2D eigenvalue weighted by Gasteiger charge is -1.86. The lowest BCUT2D eigenvalue weighted by molar-refractivity contribution is 1.78. The van der Waals surface area contributed by atoms with E-state index in [-0.39, 0.29) is 0 Å². The highest BCUT2D eigenvalue weighted by molar-refractivity contribution is 8.27. The van der Waals surface area contributed by atoms with Crippen LogP contribution < -0.4 is 5.30 Å². The molecule has 1 aromatic rings. The fourth-order valence-corrected chi connectivity index (χ4v) is 1.70. The summed E-state index contributed by atoms with van der Waals surface area (Å²) in [7, 11) is 0. The third kappa shape index (κ3) is 1.98. The molecule has 0 bridgehead atoms. The van der Waals surface area contributed by atoms with E-state index in [1.54, 1.807) is 0 Å². The van der Waals surface area contributed by atoms with Gasteiger partial charge in [0.1, 0.15) is 0 Å². The van der Waals surface area contributed by atoms with Gasteiger partial charge in [-0.3, -0.25) is 0 Å². The predicted octanol–water partition coefficient (Wildman–Crippen LogP) is 1.72. The van der Waals surface area contributed by atoms with Gasteiger partial charge in [0.05, 0.1) is 0 Å². The molecular weight excluding hydrogens is 167 g/mol. The first kappa shape index (κ1) is 7.07. The van der Waals surface area contributed by atoms with Gasteiger partial charge in [-0.25, -0.2) is 0 Å². The molecule has 3 heteroatoms. The maximum absolute atomic E-state index is 4.92. The molecule has 0 heterocycles. The Labute approximate surface area is 65.0 Å². The summed E-state index contributed by atoms with van der Waals surface area (Å²) in [4.78, 5) is 0. The number of benzene rings is 1. The molecule has 0 fully saturated rings. The molecule has 0 saturated heterocycles. The van der Waals surface area contributed by atoms with Crippen molar-refractivity contribution < 1.29 is 0 Å². The third-order valence-electron chi connectivity index (χ3n) is 0.967. The van der Waals surface area contributed by atoms with Gasteiger partial charge in [0.25, 0.3) is 0 Å². The van der Waals surface area contributed by atoms with Gasteiger partial charge in [-0.05, 0) is 35.7 Å². The summed E-state index contributed by atoms with van der Waals surface area (Å²) in [5, 5.41) is 1.11. The van der Waals surface area contributed by atoms with Gasteiger partial charge >= 0.3 is 0 Å². The Balaban J connectivity index is 3.13. The minimum Gasteiger partial charge on any atom is -0.0622 e. The van der Waals surface area contributed by atoms with Crippen molar-refractivity contribution in [1.82, 2.24) is 0 Å². The first-order valence-electron chi connectivity index (χ1n) is 2.50. The van der Waals surface area contributed by atoms with Gasteiger partial charge in [-0.2, -0.15) is 0 Å². The van der Waals surface area contributed by atoms with Gasteiger partial charge in [0, 0.05) is 10.8 Å². The van der Waals surface area contributed by atoms with Crippen molar-refractivity contribution in [3.05, 3.63) is 30.3 Å². The lowest BCUT2D eigenvalue weighted by Crippen LogP contribution is -1.87. The van der Waals surface area contributed by atoms with E-state index in [9.17, 15) is 0 Å². The minimum absolute atomic E-state index is 0.729. The van der Waals surface area contributed by atoms with Gasteiger partial charge in [0.15, 0.2) is 0 Å². The highest BCUT2D eigenvalue weighted by Gasteiger charge is 1.83. The molecule has 1 aromatic carbocycles. The summed E-state index contributed by atoms with van der Waals surface area (Å²) in [6, 6.07) is 9.84. The summed E-state index contributed by atoms with van der Waals surface area (Å²) >= 11 is 9.85. The summed E-state index contributed by atoms with van der Waals surface area (Å²) in [6.45, 7) is 0. The van der Waals surface area contributed by atoms with Crippen LogP contribution in [0.3, 0.4) is 0 Å². The SMILES string of the molecule is S=P(=S)c1ccccc1. The van der Waals surface area contributed by atoms with Crippen molar-refractivity contribution in [3.8, 4) is 0 Å². The Bertz CT molecular complexity index is 243. The van der Waals surface area contributed by atoms with Crippen molar-refractivity contribution in [2.24, 2.45) is 0 Å². The van der Waals surface area contributed by atoms with Crippen molar-refractivity contribution >= 4 is 34.4 Å². The molecule has 0 radical (unpaired) electrons. The Morgan fingerprint density at radius 3 is 1.89 bits per heavy atom. The summed E-state index contributed by atoms with van der Waals surface area (Å²) < 4.78 is 0. The van der Waals surface area contributed by atoms with E-state index in [1.807, 2.05) is 30.3 Å². The third-order valence-corrected chi connectivity index (χ3v) is 2.95. The lowest BCUT2D eigenvalue weighted by atomic mass is 10.4. The molecule has 0 unspecified atom stereocenters. The average molecular weight is 172 g/mol. The van der Waals surface area contributed by atoms with Crippen LogP contribution in [0.25, 0.3) is 0 Å². The molecular formula is C6H5PS2. The summed E-state index contributed by atoms with van der Waals surface area (Å²) in [5.41, 5.74) is -0.729. The molecule has 0 amide bonds. The van der Waals surface area contributed by atoms with E-state index < -0.39 is 5.47 Å². The highest BCUT2D eigenvalue weighted by atomic mass is 32.7. The van der Waals surface area contributed by atoms with Crippen LogP contribution in [0.15, 0.2) is 30.3 Å². The number of hydrogen-bond acceptors (Lipinski definition) is 2. The summed E-state index contributed by atoms with van der Waals surface area (Å²) in [6.07, 6.45) is 0. The van der Waals surface area contributed by atoms with E-state index in [1.165, 1.54) is 0 Å². The normalized spacial score (nSPS) is 8.89. The molecule has 46 valence electrons. The molecule has 1 rings (SSSR count). The zero-order chi connectivity index (χ0) is 6.69. The average Bonchev–Trinajstić information content (AvgIpc) is 1.90. The molecule has 0 atom stereocenters. The Morgan fingerprint density at radius 1 is 1.00 bits per heavy atom. The molecule has 0 aliphatic rings. The number of rotatable bonds is 1. The van der Waals surface area contributed by atoms with Crippen LogP contribution in [0.5, 0.6) is 0 Å². The van der Waals surface area contributed by atoms with E-state index >= 15 is 0 Å². The summed E-state index contributed by atoms with van der Waals surface area (Å²) in [5.74, 6) is 0. The van der Waals surface area contributed by atoms with Crippen molar-refractivity contribution in [1.29, 1.82) is 0 Å². The Morgan fingerprint density at radius 2 is 1.56 bits per heavy atom. The quantitative estimate of drug-likeness (QED) is 0.591. The van der Waals surface area contributed by atoms with E-state index in [4.69, 9.17) is 23.6 Å². The smallest absolute Gasteiger partial charge is 0.0420 e. The minimum atomic E-state index is -0.729. The second-order valence-corrected chi connectivity index (χ2v) is 5.51. The maximum atomic E-state index is 4.92. The van der Waals surface area contributed by atoms with Gasteiger partial charge in [-0.1, -0.05) is 18.2 Å². The zero-order valence-corrected chi connectivity index (χ0v) is 7.18. The molecule has 0 aliphatic carbocycles. The molecule has 0 aromatic heterocycles. The first-order chi connectivity index (χ1) is 4.30. The topological polar surface area (TPSA) is 0 Å². The van der Waals surface area contributed by atoms with Crippen molar-refractivity contribution in [3.63, 3.8) is 0 Å². The second kappa shape index (κ2) is 3.21. The van der Waals surface area contributed by atoms with Crippen LogP contribution in [0.1, 0.15) is 0 Å². The molecule has 9 heavy (non-hydrogen) atoms. The van der Waals surface area contributed by atoms with Crippen LogP contribution in [0, 0.1) is 0 Å². The van der Waals surface area contributed by atoms with E-state index in [2.05, 4.69) is 0 Å². The second-order valence-electron chi connectivity index (χ2n) is 1.59. The van der Waals surface area contributed by atoms with Gasteiger partial charge in [-0.15, -0.1) is 0 Å². The standard InChI is InChI=1S/C6H5PS2/c8-7(9)6-4-2-1-3-5-6/h1-5H. The first-order valence-corrected chi connectivity index (χ1v) is 5.87. The van der Waals surface area contributed by atoms with Crippen LogP contribution in [-0.4, -0.2) is 0 Å². The molecule has 0 aliphatic heterocycles. The maximum Gasteiger partial charge on any atom is 0.0420 e. The molecule has 0 spiro atoms. The number of hydrogen-bond donors (Lipinski definition) is 0. The largest absolute Gasteiger partial charge is 0.0622 e. The Kier molecular flexibility index (Phi) is 2.52. The van der Waals surface area contributed by atoms with E-state index in [0.717, 1.165) is 5.30 Å². The van der Waals surface area contributed by atoms with Crippen molar-refractivity contribution in [2.45, 2.75) is 0 Å². The molecule has 0 nitrogen and oxygen atoms in total. The van der Waals surface area contributed by atoms with Crippen LogP contribution in [-0.2, 0) is 23.6 Å². The van der Waals surface area contributed by atoms with Crippen LogP contribution in [0.4, 0.5) is 0 Å². The van der Waals surface area contributed by atoms with Gasteiger partial charge < -0.3 is 0 Å². The Hall–Kier alpha value is -0.0400. The van der Waals surface area contributed by atoms with Crippen molar-refractivity contribution in [2.75, 3.05) is 0 Å². The highest BCUT2D eigenvalue weighted by Crippen LogP contribution is 2.02. The molecule has 0 saturated carbocycles. The van der Waals surface area contributed by atoms with E-state index in [0.29, 0.717) is 0 Å². The molecule has 0 N–H and O–H groups in total. The zero-order valence-electron chi connectivity index (χ0n) is 4.65. The van der Waals surface area contributed by atoms with Gasteiger partial charge in [0.2, 0.25) is 0 Å².